The Morgan fingerprint density at radius 3 is 3.20 bits per heavy atom. The fourth-order valence-corrected chi connectivity index (χ4v) is 0.564. The maximum atomic E-state index is 10.8. The molecule has 1 heterocycles. The fourth-order valence-electron chi connectivity index (χ4n) is 0.564. The van der Waals surface area contributed by atoms with Gasteiger partial charge in [-0.1, -0.05) is 4.85 Å². The first kappa shape index (κ1) is 6.80. The van der Waals surface area contributed by atoms with Crippen LogP contribution in [0.1, 0.15) is 6.92 Å². The van der Waals surface area contributed by atoms with Crippen molar-refractivity contribution in [1.29, 1.82) is 0 Å². The highest BCUT2D eigenvalue weighted by atomic mass is 16.7. The zero-order valence-corrected chi connectivity index (χ0v) is 5.65. The van der Waals surface area contributed by atoms with Crippen LogP contribution in [0.3, 0.4) is 0 Å². The molecule has 0 spiro atoms. The molecule has 0 fully saturated rings. The maximum absolute atomic E-state index is 10.8. The van der Waals surface area contributed by atoms with Crippen LogP contribution in [0.15, 0.2) is 23.1 Å². The minimum atomic E-state index is -0.246. The van der Waals surface area contributed by atoms with Gasteiger partial charge in [-0.3, -0.25) is 4.79 Å². The van der Waals surface area contributed by atoms with Crippen LogP contribution in [0.25, 0.3) is 0 Å². The summed E-state index contributed by atoms with van der Waals surface area (Å²) in [6, 6.07) is 2.96. The second kappa shape index (κ2) is 3.00. The van der Waals surface area contributed by atoms with Crippen molar-refractivity contribution in [1.82, 2.24) is 9.94 Å². The highest BCUT2D eigenvalue weighted by molar-refractivity contribution is 4.83. The van der Waals surface area contributed by atoms with Crippen LogP contribution < -0.4 is 10.4 Å². The summed E-state index contributed by atoms with van der Waals surface area (Å²) in [6.45, 7) is 2.23. The van der Waals surface area contributed by atoms with Crippen LogP contribution in [0, 0.1) is 0 Å². The van der Waals surface area contributed by atoms with Crippen molar-refractivity contribution >= 4 is 0 Å². The van der Waals surface area contributed by atoms with Gasteiger partial charge in [-0.2, -0.15) is 0 Å². The zero-order valence-electron chi connectivity index (χ0n) is 5.65. The molecule has 0 aliphatic heterocycles. The summed E-state index contributed by atoms with van der Waals surface area (Å²) in [4.78, 5) is 16.6. The topological polar surface area (TPSA) is 44.1 Å². The van der Waals surface area contributed by atoms with E-state index in [0.717, 1.165) is 4.85 Å². The molecule has 0 saturated heterocycles. The van der Waals surface area contributed by atoms with E-state index in [1.165, 1.54) is 12.3 Å². The van der Waals surface area contributed by atoms with E-state index in [0.29, 0.717) is 6.61 Å². The van der Waals surface area contributed by atoms with Gasteiger partial charge in [0, 0.05) is 6.07 Å². The number of hydrogen-bond acceptors (Lipinski definition) is 3. The average molecular weight is 140 g/mol. The van der Waals surface area contributed by atoms with Crippen molar-refractivity contribution in [3.8, 4) is 0 Å². The molecule has 1 aromatic rings. The second-order valence-corrected chi connectivity index (χ2v) is 1.65. The van der Waals surface area contributed by atoms with Gasteiger partial charge in [0.15, 0.2) is 0 Å². The summed E-state index contributed by atoms with van der Waals surface area (Å²) in [5.41, 5.74) is -0.246. The summed E-state index contributed by atoms with van der Waals surface area (Å²) in [7, 11) is 0. The largest absolute Gasteiger partial charge is 0.394 e. The molecule has 0 aliphatic rings. The molecule has 1 rings (SSSR count). The van der Waals surface area contributed by atoms with Gasteiger partial charge in [0.1, 0.15) is 6.61 Å². The van der Waals surface area contributed by atoms with Crippen LogP contribution in [0.2, 0.25) is 0 Å². The zero-order chi connectivity index (χ0) is 7.40. The minimum absolute atomic E-state index is 0.246. The smallest absolute Gasteiger partial charge is 0.303 e. The van der Waals surface area contributed by atoms with Gasteiger partial charge in [-0.25, -0.2) is 0 Å². The van der Waals surface area contributed by atoms with E-state index in [9.17, 15) is 4.79 Å². The van der Waals surface area contributed by atoms with Gasteiger partial charge < -0.3 is 4.84 Å². The van der Waals surface area contributed by atoms with Crippen LogP contribution in [-0.4, -0.2) is 16.6 Å². The second-order valence-electron chi connectivity index (χ2n) is 1.65. The third-order valence-electron chi connectivity index (χ3n) is 0.936. The van der Waals surface area contributed by atoms with Gasteiger partial charge in [-0.05, 0) is 13.0 Å². The molecule has 10 heavy (non-hydrogen) atoms. The highest BCUT2D eigenvalue weighted by Crippen LogP contribution is 1.69. The third kappa shape index (κ3) is 1.34. The molecular weight excluding hydrogens is 132 g/mol. The van der Waals surface area contributed by atoms with Gasteiger partial charge in [0.2, 0.25) is 0 Å². The molecule has 0 saturated carbocycles. The van der Waals surface area contributed by atoms with Crippen LogP contribution in [0.4, 0.5) is 0 Å². The summed E-state index contributed by atoms with van der Waals surface area (Å²) < 4.78 is 0. The van der Waals surface area contributed by atoms with Crippen LogP contribution in [0.5, 0.6) is 0 Å². The van der Waals surface area contributed by atoms with Gasteiger partial charge in [0.05, 0.1) is 6.20 Å². The van der Waals surface area contributed by atoms with E-state index in [1.54, 1.807) is 13.0 Å². The molecule has 0 unspecified atom stereocenters. The lowest BCUT2D eigenvalue weighted by molar-refractivity contribution is 0.0814. The first-order valence-electron chi connectivity index (χ1n) is 3.02. The van der Waals surface area contributed by atoms with Gasteiger partial charge in [0.25, 0.3) is 0 Å². The first-order valence-corrected chi connectivity index (χ1v) is 3.02. The molecule has 0 N–H and O–H groups in total. The molecule has 4 nitrogen and oxygen atoms in total. The average Bonchev–Trinajstić information content (AvgIpc) is 1.94. The maximum Gasteiger partial charge on any atom is 0.303 e. The Morgan fingerprint density at radius 2 is 2.60 bits per heavy atom. The van der Waals surface area contributed by atoms with Crippen molar-refractivity contribution in [2.45, 2.75) is 6.92 Å². The molecule has 0 bridgehead atoms. The van der Waals surface area contributed by atoms with Crippen molar-refractivity contribution in [3.05, 3.63) is 28.7 Å². The molecular formula is C6H8N2O2. The summed E-state index contributed by atoms with van der Waals surface area (Å²) in [5.74, 6) is 0. The lowest BCUT2D eigenvalue weighted by Crippen LogP contribution is -2.27. The molecule has 0 aliphatic carbocycles. The van der Waals surface area contributed by atoms with Crippen molar-refractivity contribution < 1.29 is 4.84 Å². The number of nitrogens with zero attached hydrogens (tertiary/aromatic N) is 2. The Labute approximate surface area is 58.0 Å². The van der Waals surface area contributed by atoms with E-state index in [1.807, 2.05) is 0 Å². The third-order valence-corrected chi connectivity index (χ3v) is 0.936. The molecule has 54 valence electrons. The molecule has 1 aromatic heterocycles. The first-order chi connectivity index (χ1) is 4.84. The van der Waals surface area contributed by atoms with Crippen molar-refractivity contribution in [3.63, 3.8) is 0 Å². The Balaban J connectivity index is 2.92. The molecule has 0 radical (unpaired) electrons. The minimum Gasteiger partial charge on any atom is -0.394 e. The highest BCUT2D eigenvalue weighted by Gasteiger charge is 1.90. The van der Waals surface area contributed by atoms with E-state index in [4.69, 9.17) is 4.84 Å². The Bertz CT molecular complexity index is 256. The van der Waals surface area contributed by atoms with Crippen LogP contribution >= 0.6 is 0 Å². The summed E-state index contributed by atoms with van der Waals surface area (Å²) >= 11 is 0. The quantitative estimate of drug-likeness (QED) is 0.566. The normalized spacial score (nSPS) is 9.30. The molecule has 4 heteroatoms. The lowest BCUT2D eigenvalue weighted by atomic mass is 10.6. The predicted octanol–water partition coefficient (Wildman–Crippen LogP) is -0.308. The number of aromatic nitrogens is 2. The monoisotopic (exact) mass is 140 g/mol. The molecule has 0 atom stereocenters. The van der Waals surface area contributed by atoms with Crippen molar-refractivity contribution in [2.24, 2.45) is 0 Å². The molecule has 0 aromatic carbocycles. The lowest BCUT2D eigenvalue weighted by Gasteiger charge is -2.00. The van der Waals surface area contributed by atoms with E-state index in [2.05, 4.69) is 5.10 Å². The fraction of sp³-hybridized carbons (Fsp3) is 0.333. The standard InChI is InChI=1S/C6H8N2O2/c1-2-10-8-6(9)4-3-5-7-8/h3-5H,2H2,1H3. The van der Waals surface area contributed by atoms with Crippen molar-refractivity contribution in [2.75, 3.05) is 6.61 Å². The molecule has 0 amide bonds. The van der Waals surface area contributed by atoms with E-state index >= 15 is 0 Å². The summed E-state index contributed by atoms with van der Waals surface area (Å²) in [6.07, 6.45) is 1.50. The van der Waals surface area contributed by atoms with E-state index in [-0.39, 0.29) is 5.56 Å². The summed E-state index contributed by atoms with van der Waals surface area (Å²) in [5, 5.41) is 3.65. The Hall–Kier alpha value is -1.32. The number of rotatable bonds is 2. The predicted molar refractivity (Wildman–Crippen MR) is 35.6 cm³/mol. The van der Waals surface area contributed by atoms with E-state index < -0.39 is 0 Å². The Kier molecular flexibility index (Phi) is 2.04. The van der Waals surface area contributed by atoms with Crippen LogP contribution in [-0.2, 0) is 0 Å². The van der Waals surface area contributed by atoms with Gasteiger partial charge >= 0.3 is 5.56 Å². The Morgan fingerprint density at radius 1 is 1.80 bits per heavy atom. The number of hydrogen-bond donors (Lipinski definition) is 0. The van der Waals surface area contributed by atoms with Gasteiger partial charge in [-0.15, -0.1) is 5.10 Å². The SMILES string of the molecule is CCOn1ncccc1=O.